The molecule has 0 saturated carbocycles. The van der Waals surface area contributed by atoms with Crippen LogP contribution in [-0.2, 0) is 16.6 Å². The van der Waals surface area contributed by atoms with Crippen LogP contribution in [0.4, 0.5) is 0 Å². The molecule has 0 bridgehead atoms. The molecule has 1 aromatic carbocycles. The van der Waals surface area contributed by atoms with Gasteiger partial charge >= 0.3 is 0 Å². The Balaban J connectivity index is 1.81. The van der Waals surface area contributed by atoms with E-state index in [1.165, 1.54) is 17.4 Å². The Kier molecular flexibility index (Phi) is 6.25. The van der Waals surface area contributed by atoms with Gasteiger partial charge in [0.2, 0.25) is 10.0 Å². The van der Waals surface area contributed by atoms with Gasteiger partial charge in [0, 0.05) is 30.1 Å². The first-order valence-corrected chi connectivity index (χ1v) is 11.5. The van der Waals surface area contributed by atoms with Crippen molar-refractivity contribution in [2.24, 2.45) is 0 Å². The molecule has 146 valence electrons. The van der Waals surface area contributed by atoms with Gasteiger partial charge in [-0.05, 0) is 50.1 Å². The highest BCUT2D eigenvalue weighted by Gasteiger charge is 2.31. The van der Waals surface area contributed by atoms with Crippen LogP contribution in [0, 0.1) is 0 Å². The van der Waals surface area contributed by atoms with Gasteiger partial charge < -0.3 is 4.90 Å². The molecule has 0 N–H and O–H groups in total. The maximum atomic E-state index is 13.0. The number of hydrogen-bond donors (Lipinski definition) is 0. The molecule has 1 amide bonds. The Hall–Kier alpha value is -1.41. The zero-order chi connectivity index (χ0) is 19.6. The molecule has 1 saturated heterocycles. The number of carbonyl (C=O) groups is 1. The van der Waals surface area contributed by atoms with Crippen molar-refractivity contribution >= 4 is 38.9 Å². The molecule has 2 heterocycles. The van der Waals surface area contributed by atoms with E-state index in [0.717, 1.165) is 24.1 Å². The van der Waals surface area contributed by atoms with Crippen molar-refractivity contribution in [2.45, 2.75) is 43.7 Å². The van der Waals surface area contributed by atoms with Crippen LogP contribution < -0.4 is 0 Å². The minimum Gasteiger partial charge on any atom is -0.337 e. The zero-order valence-corrected chi connectivity index (χ0v) is 17.8. The molecule has 27 heavy (non-hydrogen) atoms. The quantitative estimate of drug-likeness (QED) is 0.718. The van der Waals surface area contributed by atoms with Crippen molar-refractivity contribution in [2.75, 3.05) is 13.6 Å². The third-order valence-corrected chi connectivity index (χ3v) is 8.02. The molecule has 0 radical (unpaired) electrons. The first kappa shape index (κ1) is 20.3. The molecular weight excluding hydrogens is 404 g/mol. The fourth-order valence-electron chi connectivity index (χ4n) is 3.32. The van der Waals surface area contributed by atoms with Gasteiger partial charge in [0.05, 0.1) is 15.8 Å². The predicted molar refractivity (Wildman–Crippen MR) is 109 cm³/mol. The third-order valence-electron chi connectivity index (χ3n) is 4.80. The van der Waals surface area contributed by atoms with Crippen molar-refractivity contribution in [1.82, 2.24) is 9.21 Å². The van der Waals surface area contributed by atoms with Crippen LogP contribution >= 0.6 is 22.9 Å². The Labute approximate surface area is 169 Å². The highest BCUT2D eigenvalue weighted by atomic mass is 35.5. The monoisotopic (exact) mass is 426 g/mol. The largest absolute Gasteiger partial charge is 0.337 e. The summed E-state index contributed by atoms with van der Waals surface area (Å²) in [7, 11) is -1.90. The number of piperidine rings is 1. The second-order valence-electron chi connectivity index (χ2n) is 6.86. The SMILES string of the molecule is CC1CCCCN1S(=O)(=O)c1cccc(C(=O)N(C)Cc2ccc(Cl)s2)c1. The molecular formula is C19H23ClN2O3S2. The molecule has 1 aliphatic rings. The molecule has 1 unspecified atom stereocenters. The molecule has 8 heteroatoms. The van der Waals surface area contributed by atoms with Gasteiger partial charge in [0.1, 0.15) is 0 Å². The van der Waals surface area contributed by atoms with E-state index in [4.69, 9.17) is 11.6 Å². The Morgan fingerprint density at radius 2 is 2.07 bits per heavy atom. The fraction of sp³-hybridized carbons (Fsp3) is 0.421. The molecule has 0 spiro atoms. The summed E-state index contributed by atoms with van der Waals surface area (Å²) in [6.45, 7) is 2.89. The second-order valence-corrected chi connectivity index (χ2v) is 10.5. The molecule has 1 aliphatic heterocycles. The van der Waals surface area contributed by atoms with E-state index < -0.39 is 10.0 Å². The number of thiophene rings is 1. The maximum Gasteiger partial charge on any atom is 0.253 e. The van der Waals surface area contributed by atoms with Crippen LogP contribution in [0.5, 0.6) is 0 Å². The van der Waals surface area contributed by atoms with Crippen LogP contribution in [0.25, 0.3) is 0 Å². The van der Waals surface area contributed by atoms with E-state index in [-0.39, 0.29) is 16.8 Å². The molecule has 1 atom stereocenters. The Morgan fingerprint density at radius 3 is 2.74 bits per heavy atom. The molecule has 5 nitrogen and oxygen atoms in total. The number of amides is 1. The van der Waals surface area contributed by atoms with Gasteiger partial charge in [0.25, 0.3) is 5.91 Å². The predicted octanol–water partition coefficient (Wildman–Crippen LogP) is 4.24. The fourth-order valence-corrected chi connectivity index (χ4v) is 6.20. The van der Waals surface area contributed by atoms with E-state index in [1.54, 1.807) is 40.5 Å². The van der Waals surface area contributed by atoms with Gasteiger partial charge in [-0.15, -0.1) is 11.3 Å². The lowest BCUT2D eigenvalue weighted by Gasteiger charge is -2.32. The Bertz CT molecular complexity index is 927. The van der Waals surface area contributed by atoms with Crippen molar-refractivity contribution < 1.29 is 13.2 Å². The summed E-state index contributed by atoms with van der Waals surface area (Å²) in [6.07, 6.45) is 2.78. The number of sulfonamides is 1. The summed E-state index contributed by atoms with van der Waals surface area (Å²) in [4.78, 5) is 15.5. The zero-order valence-electron chi connectivity index (χ0n) is 15.4. The first-order chi connectivity index (χ1) is 12.8. The summed E-state index contributed by atoms with van der Waals surface area (Å²) < 4.78 is 28.3. The van der Waals surface area contributed by atoms with Crippen LogP contribution in [-0.4, -0.2) is 43.2 Å². The molecule has 1 aromatic heterocycles. The van der Waals surface area contributed by atoms with Crippen molar-refractivity contribution in [3.63, 3.8) is 0 Å². The van der Waals surface area contributed by atoms with Gasteiger partial charge in [-0.2, -0.15) is 4.31 Å². The van der Waals surface area contributed by atoms with E-state index in [0.29, 0.717) is 23.0 Å². The van der Waals surface area contributed by atoms with Gasteiger partial charge in [-0.25, -0.2) is 8.42 Å². The molecule has 2 aromatic rings. The summed E-state index contributed by atoms with van der Waals surface area (Å²) in [5.74, 6) is -0.219. The minimum atomic E-state index is -3.60. The highest BCUT2D eigenvalue weighted by Crippen LogP contribution is 2.26. The van der Waals surface area contributed by atoms with E-state index >= 15 is 0 Å². The standard InChI is InChI=1S/C19H23ClN2O3S2/c1-14-6-3-4-11-22(14)27(24,25)17-8-5-7-15(12-17)19(23)21(2)13-16-9-10-18(20)26-16/h5,7-10,12,14H,3-4,6,11,13H2,1-2H3. The van der Waals surface area contributed by atoms with E-state index in [1.807, 2.05) is 13.0 Å². The maximum absolute atomic E-state index is 13.0. The number of hydrogen-bond acceptors (Lipinski definition) is 4. The van der Waals surface area contributed by atoms with Crippen LogP contribution in [0.1, 0.15) is 41.4 Å². The van der Waals surface area contributed by atoms with Gasteiger partial charge in [0.15, 0.2) is 0 Å². The summed E-state index contributed by atoms with van der Waals surface area (Å²) in [5.41, 5.74) is 0.367. The number of rotatable bonds is 5. The molecule has 1 fully saturated rings. The summed E-state index contributed by atoms with van der Waals surface area (Å²) in [6, 6.07) is 9.99. The lowest BCUT2D eigenvalue weighted by molar-refractivity contribution is 0.0786. The highest BCUT2D eigenvalue weighted by molar-refractivity contribution is 7.89. The van der Waals surface area contributed by atoms with Gasteiger partial charge in [-0.1, -0.05) is 24.1 Å². The summed E-state index contributed by atoms with van der Waals surface area (Å²) >= 11 is 7.36. The van der Waals surface area contributed by atoms with Crippen LogP contribution in [0.3, 0.4) is 0 Å². The first-order valence-electron chi connectivity index (χ1n) is 8.90. The normalized spacial score (nSPS) is 18.4. The Morgan fingerprint density at radius 1 is 1.30 bits per heavy atom. The number of carbonyl (C=O) groups excluding carboxylic acids is 1. The third kappa shape index (κ3) is 4.54. The lowest BCUT2D eigenvalue weighted by atomic mass is 10.1. The summed E-state index contributed by atoms with van der Waals surface area (Å²) in [5, 5.41) is 0. The number of nitrogens with zero attached hydrogens (tertiary/aromatic N) is 2. The van der Waals surface area contributed by atoms with Gasteiger partial charge in [-0.3, -0.25) is 4.79 Å². The second kappa shape index (κ2) is 8.31. The number of halogens is 1. The van der Waals surface area contributed by atoms with E-state index in [9.17, 15) is 13.2 Å². The van der Waals surface area contributed by atoms with Crippen molar-refractivity contribution in [3.05, 3.63) is 51.2 Å². The van der Waals surface area contributed by atoms with E-state index in [2.05, 4.69) is 0 Å². The average Bonchev–Trinajstić information content (AvgIpc) is 3.06. The van der Waals surface area contributed by atoms with Crippen molar-refractivity contribution in [3.8, 4) is 0 Å². The molecule has 0 aliphatic carbocycles. The average molecular weight is 427 g/mol. The van der Waals surface area contributed by atoms with Crippen LogP contribution in [0.2, 0.25) is 4.34 Å². The van der Waals surface area contributed by atoms with Crippen molar-refractivity contribution in [1.29, 1.82) is 0 Å². The minimum absolute atomic E-state index is 0.0191. The lowest BCUT2D eigenvalue weighted by Crippen LogP contribution is -2.42. The van der Waals surface area contributed by atoms with Crippen LogP contribution in [0.15, 0.2) is 41.3 Å². The topological polar surface area (TPSA) is 57.7 Å². The smallest absolute Gasteiger partial charge is 0.253 e. The number of benzene rings is 1. The molecule has 3 rings (SSSR count).